The highest BCUT2D eigenvalue weighted by atomic mass is 35.5. The van der Waals surface area contributed by atoms with E-state index in [2.05, 4.69) is 16.0 Å². The molecule has 2 aromatic heterocycles. The van der Waals surface area contributed by atoms with Crippen molar-refractivity contribution in [3.8, 4) is 35.0 Å². The molecule has 3 aliphatic heterocycles. The highest BCUT2D eigenvalue weighted by molar-refractivity contribution is 7.23. The van der Waals surface area contributed by atoms with Crippen LogP contribution in [0.2, 0.25) is 5.02 Å². The molecule has 0 bridgehead atoms. The van der Waals surface area contributed by atoms with Gasteiger partial charge in [-0.2, -0.15) is 20.5 Å². The standard InChI is InChI=1S/C32H30ClF3N8O2S/c33-24-22(18-3-4-20(35)28-21(18)19(12-39)29(40)47-28)25(36)26-23-27(24)45-14-17(5-8-38)44(10-2-7-37)30(23)42-31(41-26)46-15-32-6-1-9-43(32)13-16(34)11-32/h3-4,16-17H,1-2,5-7,9-11,13-15,37,40H2/t16-,17?,32+/m1/s1. The maximum absolute atomic E-state index is 17.1. The van der Waals surface area contributed by atoms with Crippen molar-refractivity contribution in [1.29, 1.82) is 10.5 Å². The topological polar surface area (TPSA) is 150 Å². The van der Waals surface area contributed by atoms with E-state index in [9.17, 15) is 19.3 Å². The normalized spacial score (nSPS) is 22.2. The lowest BCUT2D eigenvalue weighted by atomic mass is 9.95. The van der Waals surface area contributed by atoms with E-state index in [1.807, 2.05) is 11.0 Å². The molecular formula is C32H30ClF3N8O2S. The van der Waals surface area contributed by atoms with E-state index in [0.29, 0.717) is 32.5 Å². The highest BCUT2D eigenvalue weighted by Gasteiger charge is 2.49. The number of nitrogens with zero attached hydrogens (tertiary/aromatic N) is 6. The molecule has 15 heteroatoms. The Morgan fingerprint density at radius 3 is 2.83 bits per heavy atom. The number of ether oxygens (including phenoxy) is 2. The van der Waals surface area contributed by atoms with Gasteiger partial charge in [0.15, 0.2) is 11.6 Å². The van der Waals surface area contributed by atoms with Crippen molar-refractivity contribution < 1.29 is 22.6 Å². The third-order valence-corrected chi connectivity index (χ3v) is 10.8. The van der Waals surface area contributed by atoms with Crippen LogP contribution in [0.3, 0.4) is 0 Å². The average molecular weight is 683 g/mol. The Labute approximate surface area is 277 Å². The van der Waals surface area contributed by atoms with Crippen LogP contribution in [0.25, 0.3) is 32.1 Å². The lowest BCUT2D eigenvalue weighted by Crippen LogP contribution is -2.43. The first-order valence-electron chi connectivity index (χ1n) is 15.3. The van der Waals surface area contributed by atoms with Gasteiger partial charge in [0, 0.05) is 30.5 Å². The molecule has 4 N–H and O–H groups in total. The SMILES string of the molecule is N#CCC1COc2c(Cl)c(-c3ccc(F)c4sc(N)c(C#N)c34)c(F)c3nc(OC[C@@]45CCCN4C[C@H](F)C5)nc(c23)N1CCCN. The van der Waals surface area contributed by atoms with Crippen molar-refractivity contribution in [3.05, 3.63) is 34.4 Å². The quantitative estimate of drug-likeness (QED) is 0.238. The molecule has 4 aromatic rings. The smallest absolute Gasteiger partial charge is 0.319 e. The zero-order chi connectivity index (χ0) is 33.0. The molecule has 0 saturated carbocycles. The van der Waals surface area contributed by atoms with Gasteiger partial charge in [-0.3, -0.25) is 4.90 Å². The molecular weight excluding hydrogens is 653 g/mol. The predicted molar refractivity (Wildman–Crippen MR) is 173 cm³/mol. The van der Waals surface area contributed by atoms with Crippen molar-refractivity contribution in [2.75, 3.05) is 50.0 Å². The number of aromatic nitrogens is 2. The molecule has 2 saturated heterocycles. The Balaban J connectivity index is 1.46. The molecule has 2 aromatic carbocycles. The molecule has 0 radical (unpaired) electrons. The number of nitriles is 2. The Bertz CT molecular complexity index is 2000. The lowest BCUT2D eigenvalue weighted by molar-refractivity contribution is 0.107. The summed E-state index contributed by atoms with van der Waals surface area (Å²) in [5.41, 5.74) is 11.2. The van der Waals surface area contributed by atoms with Crippen molar-refractivity contribution in [3.63, 3.8) is 0 Å². The molecule has 0 amide bonds. The number of nitrogens with two attached hydrogens (primary N) is 2. The number of rotatable bonds is 8. The van der Waals surface area contributed by atoms with Crippen LogP contribution in [-0.2, 0) is 0 Å². The Kier molecular flexibility index (Phi) is 8.17. The molecule has 7 rings (SSSR count). The molecule has 3 aliphatic rings. The van der Waals surface area contributed by atoms with E-state index < -0.39 is 29.4 Å². The highest BCUT2D eigenvalue weighted by Crippen LogP contribution is 2.51. The van der Waals surface area contributed by atoms with Crippen LogP contribution < -0.4 is 25.8 Å². The summed E-state index contributed by atoms with van der Waals surface area (Å²) in [6.07, 6.45) is 1.59. The van der Waals surface area contributed by atoms with E-state index in [0.717, 1.165) is 36.8 Å². The number of thiophene rings is 1. The van der Waals surface area contributed by atoms with Gasteiger partial charge in [0.05, 0.1) is 44.7 Å². The first-order valence-corrected chi connectivity index (χ1v) is 16.5. The van der Waals surface area contributed by atoms with Gasteiger partial charge in [-0.05, 0) is 44.0 Å². The number of hydrogen-bond acceptors (Lipinski definition) is 11. The summed E-state index contributed by atoms with van der Waals surface area (Å²) < 4.78 is 59.1. The van der Waals surface area contributed by atoms with Gasteiger partial charge in [-0.1, -0.05) is 17.7 Å². The van der Waals surface area contributed by atoms with E-state index in [1.165, 1.54) is 6.07 Å². The van der Waals surface area contributed by atoms with Crippen LogP contribution >= 0.6 is 22.9 Å². The summed E-state index contributed by atoms with van der Waals surface area (Å²) in [6, 6.07) is 6.07. The number of fused-ring (bicyclic) bond motifs is 2. The van der Waals surface area contributed by atoms with Crippen LogP contribution in [0.1, 0.15) is 37.7 Å². The van der Waals surface area contributed by atoms with Gasteiger partial charge in [-0.15, -0.1) is 11.3 Å². The number of halogens is 4. The van der Waals surface area contributed by atoms with Crippen LogP contribution in [0, 0.1) is 34.3 Å². The first-order chi connectivity index (χ1) is 22.7. The molecule has 1 unspecified atom stereocenters. The second kappa shape index (κ2) is 12.2. The van der Waals surface area contributed by atoms with Gasteiger partial charge in [-0.25, -0.2) is 13.2 Å². The van der Waals surface area contributed by atoms with Gasteiger partial charge in [0.1, 0.15) is 47.6 Å². The zero-order valence-electron chi connectivity index (χ0n) is 25.2. The molecule has 3 atom stereocenters. The average Bonchev–Trinajstić information content (AvgIpc) is 3.66. The molecule has 5 heterocycles. The predicted octanol–water partition coefficient (Wildman–Crippen LogP) is 5.68. The van der Waals surface area contributed by atoms with Gasteiger partial charge in [0.2, 0.25) is 0 Å². The van der Waals surface area contributed by atoms with E-state index >= 15 is 4.39 Å². The van der Waals surface area contributed by atoms with E-state index in [1.54, 1.807) is 0 Å². The fraction of sp³-hybridized carbons (Fsp3) is 0.438. The minimum atomic E-state index is -0.974. The number of hydrogen-bond donors (Lipinski definition) is 2. The summed E-state index contributed by atoms with van der Waals surface area (Å²) >= 11 is 7.87. The lowest BCUT2D eigenvalue weighted by Gasteiger charge is -2.31. The Morgan fingerprint density at radius 2 is 2.06 bits per heavy atom. The summed E-state index contributed by atoms with van der Waals surface area (Å²) in [6.45, 7) is 1.93. The van der Waals surface area contributed by atoms with Crippen molar-refractivity contribution in [2.24, 2.45) is 5.73 Å². The van der Waals surface area contributed by atoms with E-state index in [4.69, 9.17) is 37.5 Å². The molecule has 47 heavy (non-hydrogen) atoms. The largest absolute Gasteiger partial charge is 0.489 e. The number of anilines is 2. The van der Waals surface area contributed by atoms with Crippen LogP contribution in [0.5, 0.6) is 11.8 Å². The maximum Gasteiger partial charge on any atom is 0.319 e. The van der Waals surface area contributed by atoms with Gasteiger partial charge in [0.25, 0.3) is 0 Å². The zero-order valence-corrected chi connectivity index (χ0v) is 26.7. The van der Waals surface area contributed by atoms with Crippen molar-refractivity contribution in [2.45, 2.75) is 49.9 Å². The van der Waals surface area contributed by atoms with Crippen LogP contribution in [0.4, 0.5) is 24.0 Å². The minimum absolute atomic E-state index is 0.000559. The van der Waals surface area contributed by atoms with Crippen molar-refractivity contribution >= 4 is 54.7 Å². The van der Waals surface area contributed by atoms with Gasteiger partial charge >= 0.3 is 6.01 Å². The van der Waals surface area contributed by atoms with Crippen LogP contribution in [0.15, 0.2) is 12.1 Å². The molecule has 244 valence electrons. The third kappa shape index (κ3) is 5.06. The summed E-state index contributed by atoms with van der Waals surface area (Å²) in [5, 5.41) is 19.8. The maximum atomic E-state index is 17.1. The molecule has 0 aliphatic carbocycles. The third-order valence-electron chi connectivity index (χ3n) is 9.44. The fourth-order valence-electron chi connectivity index (χ4n) is 7.30. The summed E-state index contributed by atoms with van der Waals surface area (Å²) in [4.78, 5) is 13.2. The Morgan fingerprint density at radius 1 is 1.23 bits per heavy atom. The second-order valence-electron chi connectivity index (χ2n) is 12.2. The Hall–Kier alpha value is -4.08. The first kappa shape index (κ1) is 31.5. The van der Waals surface area contributed by atoms with Crippen molar-refractivity contribution in [1.82, 2.24) is 14.9 Å². The van der Waals surface area contributed by atoms with E-state index in [-0.39, 0.29) is 84.9 Å². The molecule has 2 fully saturated rings. The summed E-state index contributed by atoms with van der Waals surface area (Å²) in [5.74, 6) is -1.15. The monoisotopic (exact) mass is 682 g/mol. The fourth-order valence-corrected chi connectivity index (χ4v) is 8.59. The van der Waals surface area contributed by atoms with Gasteiger partial charge < -0.3 is 25.8 Å². The molecule has 0 spiro atoms. The molecule has 10 nitrogen and oxygen atoms in total. The number of alkyl halides is 1. The summed E-state index contributed by atoms with van der Waals surface area (Å²) in [7, 11) is 0. The number of benzene rings is 2. The van der Waals surface area contributed by atoms with Crippen LogP contribution in [-0.4, -0.2) is 72.0 Å². The second-order valence-corrected chi connectivity index (χ2v) is 13.6. The number of nitrogen functional groups attached to an aromatic ring is 1. The minimum Gasteiger partial charge on any atom is -0.489 e.